The Morgan fingerprint density at radius 3 is 2.45 bits per heavy atom. The third-order valence-corrected chi connectivity index (χ3v) is 5.89. The number of rotatable bonds is 7. The third kappa shape index (κ3) is 3.07. The van der Waals surface area contributed by atoms with E-state index in [9.17, 15) is 0 Å². The summed E-state index contributed by atoms with van der Waals surface area (Å²) in [7, 11) is 2.12. The normalized spacial score (nSPS) is 19.6. The molecule has 1 atom stereocenters. The second kappa shape index (κ2) is 7.01. The highest BCUT2D eigenvalue weighted by atomic mass is 32.1. The van der Waals surface area contributed by atoms with E-state index in [2.05, 4.69) is 48.4 Å². The predicted molar refractivity (Wildman–Crippen MR) is 87.5 cm³/mol. The molecule has 20 heavy (non-hydrogen) atoms. The van der Waals surface area contributed by atoms with Gasteiger partial charge in [0.05, 0.1) is 5.01 Å². The Bertz CT molecular complexity index is 406. The third-order valence-electron chi connectivity index (χ3n) is 4.91. The molecule has 4 heteroatoms. The highest BCUT2D eigenvalue weighted by molar-refractivity contribution is 7.09. The number of nitrogens with one attached hydrogen (secondary N) is 1. The smallest absolute Gasteiger partial charge is 0.0944 e. The Kier molecular flexibility index (Phi) is 5.58. The van der Waals surface area contributed by atoms with Gasteiger partial charge in [0.1, 0.15) is 0 Å². The zero-order valence-electron chi connectivity index (χ0n) is 13.4. The highest BCUT2D eigenvalue weighted by Gasteiger charge is 2.44. The fourth-order valence-corrected chi connectivity index (χ4v) is 4.78. The maximum Gasteiger partial charge on any atom is 0.0944 e. The fourth-order valence-electron chi connectivity index (χ4n) is 3.96. The SMILES string of the molecule is CCN(CC)C1(C(Cc2nc(C)cs2)NC)CCCC1. The van der Waals surface area contributed by atoms with Crippen molar-refractivity contribution in [1.82, 2.24) is 15.2 Å². The molecule has 0 radical (unpaired) electrons. The zero-order chi connectivity index (χ0) is 14.6. The van der Waals surface area contributed by atoms with Crippen LogP contribution in [0.25, 0.3) is 0 Å². The second-order valence-electron chi connectivity index (χ2n) is 5.91. The molecule has 0 aromatic carbocycles. The van der Waals surface area contributed by atoms with Gasteiger partial charge in [-0.2, -0.15) is 0 Å². The summed E-state index contributed by atoms with van der Waals surface area (Å²) in [6.45, 7) is 8.97. The van der Waals surface area contributed by atoms with Crippen LogP contribution in [0.15, 0.2) is 5.38 Å². The minimum atomic E-state index is 0.331. The molecule has 1 aliphatic rings. The lowest BCUT2D eigenvalue weighted by Crippen LogP contribution is -2.60. The van der Waals surface area contributed by atoms with E-state index in [4.69, 9.17) is 0 Å². The Balaban J connectivity index is 2.21. The summed E-state index contributed by atoms with van der Waals surface area (Å²) in [6.07, 6.45) is 6.44. The van der Waals surface area contributed by atoms with Crippen molar-refractivity contribution in [2.24, 2.45) is 0 Å². The molecule has 1 aromatic heterocycles. The molecule has 0 amide bonds. The molecule has 1 heterocycles. The van der Waals surface area contributed by atoms with Crippen molar-refractivity contribution in [3.63, 3.8) is 0 Å². The summed E-state index contributed by atoms with van der Waals surface area (Å²) in [5.74, 6) is 0. The number of thiazole rings is 1. The minimum Gasteiger partial charge on any atom is -0.315 e. The van der Waals surface area contributed by atoms with Gasteiger partial charge in [-0.05, 0) is 39.9 Å². The molecule has 1 saturated carbocycles. The van der Waals surface area contributed by atoms with E-state index >= 15 is 0 Å². The van der Waals surface area contributed by atoms with Gasteiger partial charge in [-0.1, -0.05) is 26.7 Å². The van der Waals surface area contributed by atoms with Crippen molar-refractivity contribution in [2.75, 3.05) is 20.1 Å². The number of hydrogen-bond donors (Lipinski definition) is 1. The minimum absolute atomic E-state index is 0.331. The zero-order valence-corrected chi connectivity index (χ0v) is 14.2. The van der Waals surface area contributed by atoms with Gasteiger partial charge in [-0.25, -0.2) is 4.98 Å². The van der Waals surface area contributed by atoms with E-state index in [1.165, 1.54) is 30.7 Å². The summed E-state index contributed by atoms with van der Waals surface area (Å²) < 4.78 is 0. The fraction of sp³-hybridized carbons (Fsp3) is 0.812. The molecule has 1 unspecified atom stereocenters. The van der Waals surface area contributed by atoms with Gasteiger partial charge in [0.2, 0.25) is 0 Å². The first kappa shape index (κ1) is 15.9. The van der Waals surface area contributed by atoms with Gasteiger partial charge in [-0.15, -0.1) is 11.3 Å². The second-order valence-corrected chi connectivity index (χ2v) is 6.85. The highest BCUT2D eigenvalue weighted by Crippen LogP contribution is 2.39. The van der Waals surface area contributed by atoms with Crippen molar-refractivity contribution in [2.45, 2.75) is 64.5 Å². The van der Waals surface area contributed by atoms with Gasteiger partial charge in [0, 0.05) is 29.1 Å². The summed E-state index contributed by atoms with van der Waals surface area (Å²) in [6, 6.07) is 0.510. The summed E-state index contributed by atoms with van der Waals surface area (Å²) in [5.41, 5.74) is 1.49. The van der Waals surface area contributed by atoms with Crippen LogP contribution in [0.2, 0.25) is 0 Å². The van der Waals surface area contributed by atoms with Gasteiger partial charge < -0.3 is 5.32 Å². The molecular formula is C16H29N3S. The van der Waals surface area contributed by atoms with Crippen LogP contribution in [0.1, 0.15) is 50.2 Å². The van der Waals surface area contributed by atoms with Crippen LogP contribution in [0.4, 0.5) is 0 Å². The van der Waals surface area contributed by atoms with Crippen LogP contribution in [0, 0.1) is 6.92 Å². The lowest BCUT2D eigenvalue weighted by atomic mass is 9.84. The summed E-state index contributed by atoms with van der Waals surface area (Å²) in [5, 5.41) is 7.06. The van der Waals surface area contributed by atoms with Crippen molar-refractivity contribution >= 4 is 11.3 Å². The van der Waals surface area contributed by atoms with E-state index in [1.807, 2.05) is 11.3 Å². The number of aromatic nitrogens is 1. The Morgan fingerprint density at radius 2 is 2.00 bits per heavy atom. The first-order chi connectivity index (χ1) is 9.66. The molecule has 0 aliphatic heterocycles. The Morgan fingerprint density at radius 1 is 1.35 bits per heavy atom. The number of aryl methyl sites for hydroxylation is 1. The van der Waals surface area contributed by atoms with Crippen molar-refractivity contribution in [1.29, 1.82) is 0 Å². The van der Waals surface area contributed by atoms with Crippen LogP contribution in [0.5, 0.6) is 0 Å². The molecule has 1 aromatic rings. The van der Waals surface area contributed by atoms with E-state index in [1.54, 1.807) is 0 Å². The Labute approximate surface area is 127 Å². The molecule has 1 fully saturated rings. The van der Waals surface area contributed by atoms with Crippen LogP contribution >= 0.6 is 11.3 Å². The molecule has 3 nitrogen and oxygen atoms in total. The van der Waals surface area contributed by atoms with Crippen LogP contribution in [-0.2, 0) is 6.42 Å². The molecule has 0 saturated heterocycles. The van der Waals surface area contributed by atoms with Crippen molar-refractivity contribution < 1.29 is 0 Å². The topological polar surface area (TPSA) is 28.2 Å². The molecule has 1 N–H and O–H groups in total. The monoisotopic (exact) mass is 295 g/mol. The summed E-state index contributed by atoms with van der Waals surface area (Å²) >= 11 is 1.81. The molecule has 0 spiro atoms. The van der Waals surface area contributed by atoms with E-state index in [0.717, 1.165) is 25.2 Å². The maximum absolute atomic E-state index is 4.67. The maximum atomic E-state index is 4.67. The van der Waals surface area contributed by atoms with Crippen molar-refractivity contribution in [3.8, 4) is 0 Å². The molecule has 2 rings (SSSR count). The Hall–Kier alpha value is -0.450. The van der Waals surface area contributed by atoms with Crippen LogP contribution in [-0.4, -0.2) is 41.6 Å². The average Bonchev–Trinajstić information content (AvgIpc) is 3.07. The van der Waals surface area contributed by atoms with E-state index in [-0.39, 0.29) is 0 Å². The molecule has 114 valence electrons. The number of hydrogen-bond acceptors (Lipinski definition) is 4. The van der Waals surface area contributed by atoms with Crippen LogP contribution in [0.3, 0.4) is 0 Å². The largest absolute Gasteiger partial charge is 0.315 e. The predicted octanol–water partition coefficient (Wildman–Crippen LogP) is 3.24. The lowest BCUT2D eigenvalue weighted by Gasteiger charge is -2.46. The summed E-state index contributed by atoms with van der Waals surface area (Å²) in [4.78, 5) is 7.35. The number of likely N-dealkylation sites (N-methyl/N-ethyl adjacent to an activating group) is 2. The molecule has 1 aliphatic carbocycles. The van der Waals surface area contributed by atoms with Gasteiger partial charge in [0.25, 0.3) is 0 Å². The van der Waals surface area contributed by atoms with Gasteiger partial charge in [0.15, 0.2) is 0 Å². The quantitative estimate of drug-likeness (QED) is 0.837. The van der Waals surface area contributed by atoms with E-state index < -0.39 is 0 Å². The van der Waals surface area contributed by atoms with Crippen LogP contribution < -0.4 is 5.32 Å². The average molecular weight is 295 g/mol. The first-order valence-corrected chi connectivity index (χ1v) is 8.87. The van der Waals surface area contributed by atoms with Gasteiger partial charge in [-0.3, -0.25) is 4.90 Å². The van der Waals surface area contributed by atoms with Crippen molar-refractivity contribution in [3.05, 3.63) is 16.1 Å². The first-order valence-electron chi connectivity index (χ1n) is 7.99. The number of nitrogens with zero attached hydrogens (tertiary/aromatic N) is 2. The molecular weight excluding hydrogens is 266 g/mol. The standard InChI is InChI=1S/C16H29N3S/c1-5-19(6-2)16(9-7-8-10-16)14(17-4)11-15-18-13(3)12-20-15/h12,14,17H,5-11H2,1-4H3. The lowest BCUT2D eigenvalue weighted by molar-refractivity contribution is 0.0658. The van der Waals surface area contributed by atoms with Gasteiger partial charge >= 0.3 is 0 Å². The molecule has 0 bridgehead atoms. The van der Waals surface area contributed by atoms with E-state index in [0.29, 0.717) is 11.6 Å².